The van der Waals surface area contributed by atoms with Gasteiger partial charge in [0, 0.05) is 22.3 Å². The maximum Gasteiger partial charge on any atom is 0.367 e. The van der Waals surface area contributed by atoms with E-state index in [-0.39, 0.29) is 68.8 Å². The second-order valence-electron chi connectivity index (χ2n) is 15.0. The van der Waals surface area contributed by atoms with Crippen LogP contribution in [0.25, 0.3) is 30.3 Å². The van der Waals surface area contributed by atoms with Gasteiger partial charge in [-0.3, -0.25) is 4.79 Å². The summed E-state index contributed by atoms with van der Waals surface area (Å²) in [6.45, 7) is -0.476. The van der Waals surface area contributed by atoms with Crippen LogP contribution in [0.5, 0.6) is 5.75 Å². The minimum Gasteiger partial charge on any atom is -0.457 e. The number of hydrogen-bond donors (Lipinski definition) is 1. The number of benzene rings is 4. The normalized spacial score (nSPS) is 16.1. The van der Waals surface area contributed by atoms with Crippen LogP contribution in [-0.4, -0.2) is 34.3 Å². The van der Waals surface area contributed by atoms with Gasteiger partial charge in [0.1, 0.15) is 70.5 Å². The van der Waals surface area contributed by atoms with E-state index >= 15 is 0 Å². The van der Waals surface area contributed by atoms with Crippen molar-refractivity contribution >= 4 is 93.7 Å². The number of nitrogens with zero attached hydrogens (tertiary/aromatic N) is 6. The Morgan fingerprint density at radius 1 is 0.657 bits per heavy atom. The molecule has 4 aromatic carbocycles. The van der Waals surface area contributed by atoms with Crippen LogP contribution < -0.4 is 4.74 Å². The molecule has 0 saturated carbocycles. The maximum absolute atomic E-state index is 15.0. The lowest BCUT2D eigenvalue weighted by Gasteiger charge is -2.33. The summed E-state index contributed by atoms with van der Waals surface area (Å²) in [5.74, 6) is -2.60. The zero-order chi connectivity index (χ0) is 46.4. The molecule has 0 amide bonds. The predicted octanol–water partition coefficient (Wildman–Crippen LogP) is 10.2. The fraction of sp³-hybridized carbons (Fsp3) is 0.0784. The van der Waals surface area contributed by atoms with E-state index in [0.717, 1.165) is 22.7 Å². The number of ketones is 1. The Morgan fingerprint density at radius 3 is 1.84 bits per heavy atom. The van der Waals surface area contributed by atoms with Gasteiger partial charge in [0.2, 0.25) is 5.78 Å². The van der Waals surface area contributed by atoms with E-state index in [9.17, 15) is 40.5 Å². The molecule has 1 aliphatic heterocycles. The first-order valence-corrected chi connectivity index (χ1v) is 22.6. The quantitative estimate of drug-likeness (QED) is 0.0858. The highest BCUT2D eigenvalue weighted by molar-refractivity contribution is 7.33. The molecule has 3 aromatic heterocycles. The summed E-state index contributed by atoms with van der Waals surface area (Å²) < 4.78 is 19.7. The number of hydrogen-bond acceptors (Lipinski definition) is 16. The van der Waals surface area contributed by atoms with E-state index in [1.165, 1.54) is 17.4 Å². The van der Waals surface area contributed by atoms with E-state index in [4.69, 9.17) is 24.2 Å². The number of thiophene rings is 3. The summed E-state index contributed by atoms with van der Waals surface area (Å²) in [5, 5.41) is 51.8. The molecule has 16 heteroatoms. The number of esters is 2. The minimum absolute atomic E-state index is 0.0336. The van der Waals surface area contributed by atoms with Crippen molar-refractivity contribution in [1.29, 1.82) is 21.0 Å². The lowest BCUT2D eigenvalue weighted by Crippen LogP contribution is -2.52. The average Bonchev–Trinajstić information content (AvgIpc) is 4.17. The summed E-state index contributed by atoms with van der Waals surface area (Å²) in [7, 11) is 0. The highest BCUT2D eigenvalue weighted by atomic mass is 32.1. The summed E-state index contributed by atoms with van der Waals surface area (Å²) in [5.41, 5.74) is -0.0555. The van der Waals surface area contributed by atoms with Gasteiger partial charge in [-0.1, -0.05) is 109 Å². The van der Waals surface area contributed by atoms with Gasteiger partial charge in [0.05, 0.1) is 24.9 Å². The van der Waals surface area contributed by atoms with Crippen LogP contribution in [0, 0.1) is 45.3 Å². The molecule has 0 saturated heterocycles. The van der Waals surface area contributed by atoms with E-state index in [2.05, 4.69) is 0 Å². The largest absolute Gasteiger partial charge is 0.457 e. The van der Waals surface area contributed by atoms with Crippen molar-refractivity contribution in [3.63, 3.8) is 0 Å². The highest BCUT2D eigenvalue weighted by Crippen LogP contribution is 2.60. The maximum atomic E-state index is 15.0. The number of carbonyl (C=O) groups excluding carboxylic acids is 3. The van der Waals surface area contributed by atoms with Crippen molar-refractivity contribution in [3.05, 3.63) is 171 Å². The standard InChI is InChI=1S/C51H26N6O7S3/c52-21-29(22-53)39-31-15-7-9-17-33(31)43(58)41(39)56-37-19-35-46(66-37)48-45(64-51(35,49(60)62-25-27-11-3-1-4-12-27)50(61)63-26-28-13-5-2-6-14-28)47-36(65-48)20-38(67-47)57-42-40(30(23-54)24-55)32-16-8-10-18-34(32)44(42)59/h1-20,44,59H,25-26H2/b56-41-,57-42-. The van der Waals surface area contributed by atoms with Crippen LogP contribution in [-0.2, 0) is 37.9 Å². The molecule has 67 heavy (non-hydrogen) atoms. The fourth-order valence-electron chi connectivity index (χ4n) is 8.16. The van der Waals surface area contributed by atoms with E-state index in [0.29, 0.717) is 52.0 Å². The molecule has 1 unspecified atom stereocenters. The first-order valence-electron chi connectivity index (χ1n) is 20.2. The molecule has 2 aliphatic carbocycles. The Bertz CT molecular complexity index is 3500. The third-order valence-corrected chi connectivity index (χ3v) is 14.7. The molecule has 4 heterocycles. The summed E-state index contributed by atoms with van der Waals surface area (Å²) in [6, 6.07) is 42.0. The molecular weight excluding hydrogens is 905 g/mol. The predicted molar refractivity (Wildman–Crippen MR) is 250 cm³/mol. The monoisotopic (exact) mass is 930 g/mol. The van der Waals surface area contributed by atoms with Crippen molar-refractivity contribution in [3.8, 4) is 39.8 Å². The molecule has 1 atom stereocenters. The number of nitriles is 4. The molecule has 320 valence electrons. The van der Waals surface area contributed by atoms with Crippen LogP contribution in [0.4, 0.5) is 10.0 Å². The van der Waals surface area contributed by atoms with E-state index in [1.54, 1.807) is 103 Å². The van der Waals surface area contributed by atoms with Gasteiger partial charge in [-0.2, -0.15) is 21.0 Å². The second kappa shape index (κ2) is 17.1. The second-order valence-corrected chi connectivity index (χ2v) is 18.2. The number of allylic oxidation sites excluding steroid dienone is 3. The Hall–Kier alpha value is -8.61. The fourth-order valence-corrected chi connectivity index (χ4v) is 11.8. The van der Waals surface area contributed by atoms with Gasteiger partial charge in [0.25, 0.3) is 0 Å². The smallest absolute Gasteiger partial charge is 0.367 e. The first-order chi connectivity index (χ1) is 32.7. The number of carbonyl (C=O) groups is 3. The number of Topliss-reactive ketones (excluding diaryl/α,β-unsaturated/α-hetero) is 1. The SMILES string of the molecule is N#CC(C#N)=C1/C(=N/c2cc3c(s2)-c2sc4cc(/N=C5/C(=C(C#N)C#N)c6ccccc6C5O)sc4c2OC3(C(=O)OCc2ccccc2)C(=O)OCc2ccccc2)C(=O)c2ccccc21. The lowest BCUT2D eigenvalue weighted by atomic mass is 9.91. The van der Waals surface area contributed by atoms with Crippen molar-refractivity contribution in [2.75, 3.05) is 0 Å². The van der Waals surface area contributed by atoms with Crippen LogP contribution in [0.1, 0.15) is 49.8 Å². The summed E-state index contributed by atoms with van der Waals surface area (Å²) in [6.07, 6.45) is -1.25. The number of rotatable bonds is 8. The number of aliphatic hydroxyl groups excluding tert-OH is 1. The molecule has 0 bridgehead atoms. The Morgan fingerprint density at radius 2 is 1.21 bits per heavy atom. The third-order valence-electron chi connectivity index (χ3n) is 11.2. The van der Waals surface area contributed by atoms with E-state index in [1.807, 2.05) is 36.4 Å². The van der Waals surface area contributed by atoms with Crippen LogP contribution in [0.2, 0.25) is 0 Å². The van der Waals surface area contributed by atoms with Gasteiger partial charge in [0.15, 0.2) is 5.75 Å². The van der Waals surface area contributed by atoms with Gasteiger partial charge in [-0.25, -0.2) is 19.6 Å². The highest BCUT2D eigenvalue weighted by Gasteiger charge is 2.59. The van der Waals surface area contributed by atoms with Crippen molar-refractivity contribution in [2.24, 2.45) is 9.98 Å². The lowest BCUT2D eigenvalue weighted by molar-refractivity contribution is -0.183. The summed E-state index contributed by atoms with van der Waals surface area (Å²) >= 11 is 3.44. The Labute approximate surface area is 392 Å². The van der Waals surface area contributed by atoms with E-state index < -0.39 is 29.4 Å². The molecule has 3 aliphatic rings. The van der Waals surface area contributed by atoms with Gasteiger partial charge in [-0.05, 0) is 39.9 Å². The van der Waals surface area contributed by atoms with Gasteiger partial charge >= 0.3 is 17.5 Å². The first kappa shape index (κ1) is 42.3. The number of ether oxygens (including phenoxy) is 3. The average molecular weight is 931 g/mol. The van der Waals surface area contributed by atoms with Crippen molar-refractivity contribution < 1.29 is 33.7 Å². The molecule has 13 nitrogen and oxygen atoms in total. The molecule has 0 fully saturated rings. The van der Waals surface area contributed by atoms with Gasteiger partial charge in [-0.15, -0.1) is 34.0 Å². The Balaban J connectivity index is 1.16. The molecule has 0 radical (unpaired) electrons. The Kier molecular flexibility index (Phi) is 10.8. The van der Waals surface area contributed by atoms with Crippen LogP contribution in [0.15, 0.2) is 142 Å². The number of aliphatic imine (C=N–C) groups is 2. The molecule has 0 spiro atoms. The molecular formula is C51H26N6O7S3. The third kappa shape index (κ3) is 7.02. The van der Waals surface area contributed by atoms with Crippen LogP contribution >= 0.6 is 34.0 Å². The minimum atomic E-state index is -2.61. The zero-order valence-corrected chi connectivity index (χ0v) is 36.8. The molecule has 7 aromatic rings. The molecule has 1 N–H and O–H groups in total. The zero-order valence-electron chi connectivity index (χ0n) is 34.3. The number of fused-ring (bicyclic) bond motifs is 7. The van der Waals surface area contributed by atoms with Crippen LogP contribution in [0.3, 0.4) is 0 Å². The number of aliphatic hydroxyl groups is 1. The summed E-state index contributed by atoms with van der Waals surface area (Å²) in [4.78, 5) is 54.4. The molecule has 10 rings (SSSR count). The van der Waals surface area contributed by atoms with Gasteiger partial charge < -0.3 is 19.3 Å². The van der Waals surface area contributed by atoms with Crippen molar-refractivity contribution in [1.82, 2.24) is 0 Å². The van der Waals surface area contributed by atoms with Crippen molar-refractivity contribution in [2.45, 2.75) is 24.9 Å². The topological polar surface area (TPSA) is 219 Å².